The Labute approximate surface area is 303 Å². The second-order valence-electron chi connectivity index (χ2n) is 12.9. The van der Waals surface area contributed by atoms with Crippen LogP contribution in [0.3, 0.4) is 0 Å². The first-order chi connectivity index (χ1) is 22.7. The van der Waals surface area contributed by atoms with Gasteiger partial charge in [0.2, 0.25) is 0 Å². The molecule has 0 amide bonds. The fraction of sp³-hybridized carbons (Fsp3) is 0.286. The summed E-state index contributed by atoms with van der Waals surface area (Å²) in [4.78, 5) is 26.5. The molecule has 6 nitrogen and oxygen atoms in total. The second kappa shape index (κ2) is 17.2. The normalized spacial score (nSPS) is 10.3. The smallest absolute Gasteiger partial charge is 0.254 e. The summed E-state index contributed by atoms with van der Waals surface area (Å²) < 4.78 is 0. The summed E-state index contributed by atoms with van der Waals surface area (Å²) in [6, 6.07) is 12.5. The van der Waals surface area contributed by atoms with Crippen LogP contribution < -0.4 is 0 Å². The molecule has 0 bridgehead atoms. The van der Waals surface area contributed by atoms with E-state index in [4.69, 9.17) is 0 Å². The summed E-state index contributed by atoms with van der Waals surface area (Å²) in [5, 5.41) is 0. The molecule has 0 unspecified atom stereocenters. The summed E-state index contributed by atoms with van der Waals surface area (Å²) in [6.07, 6.45) is 11.4. The van der Waals surface area contributed by atoms with Gasteiger partial charge in [0.1, 0.15) is 0 Å². The van der Waals surface area contributed by atoms with Gasteiger partial charge in [-0.05, 0) is 186 Å². The van der Waals surface area contributed by atoms with Crippen molar-refractivity contribution in [3.63, 3.8) is 0 Å². The number of hydrogen-bond acceptors (Lipinski definition) is 6. The molecule has 0 aliphatic heterocycles. The third kappa shape index (κ3) is 10.2. The minimum Gasteiger partial charge on any atom is -0.254 e. The van der Waals surface area contributed by atoms with E-state index in [0.717, 1.165) is 34.2 Å². The zero-order valence-corrected chi connectivity index (χ0v) is 32.0. The van der Waals surface area contributed by atoms with Gasteiger partial charge in [0, 0.05) is 37.2 Å². The van der Waals surface area contributed by atoms with E-state index in [1.807, 2.05) is 37.2 Å². The molecule has 0 N–H and O–H groups in total. The van der Waals surface area contributed by atoms with Crippen molar-refractivity contribution in [1.29, 1.82) is 0 Å². The Morgan fingerprint density at radius 2 is 0.347 bits per heavy atom. The van der Waals surface area contributed by atoms with Crippen LogP contribution >= 0.6 is 0 Å². The molecule has 0 aliphatic rings. The van der Waals surface area contributed by atoms with Crippen molar-refractivity contribution in [3.8, 4) is 34.2 Å². The first-order valence-electron chi connectivity index (χ1n) is 16.3. The average molecular weight is 696 g/mol. The van der Waals surface area contributed by atoms with E-state index in [1.165, 1.54) is 66.8 Å². The second-order valence-corrected chi connectivity index (χ2v) is 12.9. The molecule has 7 heteroatoms. The summed E-state index contributed by atoms with van der Waals surface area (Å²) in [5.74, 6) is 0. The third-order valence-electron chi connectivity index (χ3n) is 9.02. The van der Waals surface area contributed by atoms with Crippen LogP contribution in [-0.4, -0.2) is 29.9 Å². The topological polar surface area (TPSA) is 77.3 Å². The summed E-state index contributed by atoms with van der Waals surface area (Å²) >= 11 is 0. The zero-order valence-electron chi connectivity index (χ0n) is 30.9. The standard InChI is InChI=1S/3C14H16N2.Co/c3*1-9-5-13(15-7-11(9)3)14-6-10(2)12(4)8-16-14;/h3*5-8H,1-4H3;/q;;;+2. The number of aromatic nitrogens is 6. The Morgan fingerprint density at radius 3 is 0.449 bits per heavy atom. The van der Waals surface area contributed by atoms with Crippen molar-refractivity contribution in [1.82, 2.24) is 29.9 Å². The molecule has 0 aromatic carbocycles. The van der Waals surface area contributed by atoms with Crippen molar-refractivity contribution in [3.05, 3.63) is 140 Å². The predicted octanol–water partition coefficient (Wildman–Crippen LogP) is 10.1. The van der Waals surface area contributed by atoms with Gasteiger partial charge in [-0.1, -0.05) is 0 Å². The number of aryl methyl sites for hydroxylation is 12. The van der Waals surface area contributed by atoms with Crippen molar-refractivity contribution in [2.45, 2.75) is 83.1 Å². The Morgan fingerprint density at radius 1 is 0.224 bits per heavy atom. The number of rotatable bonds is 3. The molecular formula is C42H48CoN6+2. The van der Waals surface area contributed by atoms with Gasteiger partial charge in [-0.2, -0.15) is 0 Å². The van der Waals surface area contributed by atoms with Gasteiger partial charge in [0.15, 0.2) is 0 Å². The Hall–Kier alpha value is -4.59. The molecule has 0 spiro atoms. The molecule has 0 aliphatic carbocycles. The van der Waals surface area contributed by atoms with Gasteiger partial charge in [0.05, 0.1) is 34.2 Å². The minimum atomic E-state index is 0. The van der Waals surface area contributed by atoms with E-state index in [9.17, 15) is 0 Å². The van der Waals surface area contributed by atoms with Crippen molar-refractivity contribution < 1.29 is 16.8 Å². The Bertz CT molecular complexity index is 1680. The molecule has 6 rings (SSSR count). The van der Waals surface area contributed by atoms with Crippen LogP contribution in [0.5, 0.6) is 0 Å². The monoisotopic (exact) mass is 695 g/mol. The van der Waals surface area contributed by atoms with E-state index in [-0.39, 0.29) is 16.8 Å². The van der Waals surface area contributed by atoms with Gasteiger partial charge < -0.3 is 0 Å². The average Bonchev–Trinajstić information content (AvgIpc) is 3.06. The van der Waals surface area contributed by atoms with Crippen molar-refractivity contribution >= 4 is 0 Å². The van der Waals surface area contributed by atoms with Gasteiger partial charge in [-0.3, -0.25) is 29.9 Å². The van der Waals surface area contributed by atoms with Gasteiger partial charge >= 0.3 is 16.8 Å². The van der Waals surface area contributed by atoms with Crippen LogP contribution in [0.2, 0.25) is 0 Å². The summed E-state index contributed by atoms with van der Waals surface area (Å²) in [7, 11) is 0. The quantitative estimate of drug-likeness (QED) is 0.183. The van der Waals surface area contributed by atoms with Crippen LogP contribution in [-0.2, 0) is 16.8 Å². The molecular weight excluding hydrogens is 647 g/mol. The number of nitrogens with zero attached hydrogens (tertiary/aromatic N) is 6. The molecule has 6 heterocycles. The number of pyridine rings is 6. The minimum absolute atomic E-state index is 0. The Balaban J connectivity index is 0.000000197. The first kappa shape index (κ1) is 38.9. The number of hydrogen-bond donors (Lipinski definition) is 0. The maximum atomic E-state index is 4.42. The SMILES string of the molecule is Cc1cnc(-c2cc(C)c(C)cn2)cc1C.Cc1cnc(-c2cc(C)c(C)cn2)cc1C.Cc1cnc(-c2cc(C)c(C)cn2)cc1C.[Co+2]. The van der Waals surface area contributed by atoms with Crippen LogP contribution in [0.25, 0.3) is 34.2 Å². The van der Waals surface area contributed by atoms with E-state index < -0.39 is 0 Å². The van der Waals surface area contributed by atoms with Crippen molar-refractivity contribution in [2.24, 2.45) is 0 Å². The van der Waals surface area contributed by atoms with Crippen LogP contribution in [0, 0.1) is 83.1 Å². The molecule has 253 valence electrons. The molecule has 1 radical (unpaired) electrons. The summed E-state index contributed by atoms with van der Waals surface area (Å²) in [5.41, 5.74) is 20.5. The maximum Gasteiger partial charge on any atom is 2.00 e. The summed E-state index contributed by atoms with van der Waals surface area (Å²) in [6.45, 7) is 25.0. The molecule has 6 aromatic rings. The van der Waals surface area contributed by atoms with E-state index in [0.29, 0.717) is 0 Å². The van der Waals surface area contributed by atoms with Gasteiger partial charge in [-0.25, -0.2) is 0 Å². The van der Waals surface area contributed by atoms with E-state index in [1.54, 1.807) is 0 Å². The van der Waals surface area contributed by atoms with Crippen LogP contribution in [0.4, 0.5) is 0 Å². The van der Waals surface area contributed by atoms with Gasteiger partial charge in [0.25, 0.3) is 0 Å². The first-order valence-corrected chi connectivity index (χ1v) is 16.3. The fourth-order valence-electron chi connectivity index (χ4n) is 4.59. The zero-order chi connectivity index (χ0) is 35.1. The predicted molar refractivity (Wildman–Crippen MR) is 199 cm³/mol. The third-order valence-corrected chi connectivity index (χ3v) is 9.02. The molecule has 0 saturated carbocycles. The molecule has 0 saturated heterocycles. The van der Waals surface area contributed by atoms with Gasteiger partial charge in [-0.15, -0.1) is 0 Å². The molecule has 6 aromatic heterocycles. The maximum absolute atomic E-state index is 4.42. The fourth-order valence-corrected chi connectivity index (χ4v) is 4.59. The van der Waals surface area contributed by atoms with Crippen LogP contribution in [0.15, 0.2) is 73.6 Å². The largest absolute Gasteiger partial charge is 2.00 e. The van der Waals surface area contributed by atoms with E-state index >= 15 is 0 Å². The Kier molecular flexibility index (Phi) is 13.6. The van der Waals surface area contributed by atoms with Crippen molar-refractivity contribution in [2.75, 3.05) is 0 Å². The molecule has 0 atom stereocenters. The molecule has 49 heavy (non-hydrogen) atoms. The molecule has 0 fully saturated rings. The van der Waals surface area contributed by atoms with Crippen LogP contribution in [0.1, 0.15) is 66.8 Å². The van der Waals surface area contributed by atoms with E-state index in [2.05, 4.69) is 149 Å².